The van der Waals surface area contributed by atoms with Gasteiger partial charge >= 0.3 is 0 Å². The van der Waals surface area contributed by atoms with Gasteiger partial charge in [0.2, 0.25) is 0 Å². The first-order valence-electron chi connectivity index (χ1n) is 6.54. The summed E-state index contributed by atoms with van der Waals surface area (Å²) in [6.45, 7) is 7.26. The molecule has 0 radical (unpaired) electrons. The Hall–Kier alpha value is -0.610. The number of hydrogen-bond donors (Lipinski definition) is 2. The van der Waals surface area contributed by atoms with Gasteiger partial charge in [0, 0.05) is 19.0 Å². The van der Waals surface area contributed by atoms with Gasteiger partial charge in [0.25, 0.3) is 0 Å². The lowest BCUT2D eigenvalue weighted by Crippen LogP contribution is -2.41. The smallest absolute Gasteiger partial charge is 0.0937 e. The normalized spacial score (nSPS) is 25.0. The third kappa shape index (κ3) is 3.19. The fourth-order valence-electron chi connectivity index (χ4n) is 2.76. The van der Waals surface area contributed by atoms with Gasteiger partial charge in [-0.05, 0) is 51.9 Å². The van der Waals surface area contributed by atoms with Crippen LogP contribution in [0.15, 0.2) is 0 Å². The molecule has 0 amide bonds. The zero-order chi connectivity index (χ0) is 11.4. The highest BCUT2D eigenvalue weighted by Gasteiger charge is 2.21. The molecule has 0 aromatic rings. The molecule has 0 aromatic heterocycles. The largest absolute Gasteiger partial charge is 0.387 e. The van der Waals surface area contributed by atoms with Crippen LogP contribution in [0.3, 0.4) is 0 Å². The Kier molecular flexibility index (Phi) is 4.18. The van der Waals surface area contributed by atoms with E-state index in [9.17, 15) is 0 Å². The Morgan fingerprint density at radius 1 is 1.00 bits per heavy atom. The second-order valence-corrected chi connectivity index (χ2v) is 5.12. The van der Waals surface area contributed by atoms with Gasteiger partial charge in [-0.2, -0.15) is 0 Å². The molecule has 4 nitrogen and oxygen atoms in total. The molecule has 0 aromatic carbocycles. The van der Waals surface area contributed by atoms with Crippen LogP contribution in [0.2, 0.25) is 0 Å². The first-order chi connectivity index (χ1) is 7.75. The molecule has 92 valence electrons. The van der Waals surface area contributed by atoms with Crippen molar-refractivity contribution in [2.75, 3.05) is 39.3 Å². The van der Waals surface area contributed by atoms with Crippen molar-refractivity contribution in [3.63, 3.8) is 0 Å². The molecule has 0 spiro atoms. The molecular weight excluding hydrogens is 200 g/mol. The molecule has 16 heavy (non-hydrogen) atoms. The number of nitrogens with two attached hydrogens (primary N) is 1. The van der Waals surface area contributed by atoms with E-state index in [2.05, 4.69) is 9.80 Å². The van der Waals surface area contributed by atoms with Gasteiger partial charge in [0.15, 0.2) is 0 Å². The predicted octanol–water partition coefficient (Wildman–Crippen LogP) is 0.730. The average Bonchev–Trinajstić information content (AvgIpc) is 2.80. The van der Waals surface area contributed by atoms with Gasteiger partial charge in [0.1, 0.15) is 0 Å². The average molecular weight is 224 g/mol. The molecule has 2 fully saturated rings. The topological polar surface area (TPSA) is 56.4 Å². The van der Waals surface area contributed by atoms with E-state index >= 15 is 0 Å². The number of piperidine rings is 1. The molecule has 2 heterocycles. The van der Waals surface area contributed by atoms with E-state index in [0.717, 1.165) is 25.9 Å². The molecule has 0 unspecified atom stereocenters. The van der Waals surface area contributed by atoms with E-state index in [1.807, 2.05) is 0 Å². The summed E-state index contributed by atoms with van der Waals surface area (Å²) in [6.07, 6.45) is 4.92. The van der Waals surface area contributed by atoms with Gasteiger partial charge < -0.3 is 15.5 Å². The van der Waals surface area contributed by atoms with Gasteiger partial charge in [-0.3, -0.25) is 5.41 Å². The van der Waals surface area contributed by atoms with E-state index in [1.54, 1.807) is 0 Å². The van der Waals surface area contributed by atoms with Crippen LogP contribution in [0.4, 0.5) is 0 Å². The standard InChI is InChI=1S/C12H24N4/c13-12(14)11-3-7-16(8-4-11)10-9-15-5-1-2-6-15/h11H,1-10H2,(H3,13,14). The van der Waals surface area contributed by atoms with Crippen molar-refractivity contribution in [2.24, 2.45) is 11.7 Å². The van der Waals surface area contributed by atoms with Crippen molar-refractivity contribution in [3.8, 4) is 0 Å². The molecule has 0 saturated carbocycles. The summed E-state index contributed by atoms with van der Waals surface area (Å²) < 4.78 is 0. The van der Waals surface area contributed by atoms with Gasteiger partial charge in [-0.1, -0.05) is 0 Å². The number of amidine groups is 1. The van der Waals surface area contributed by atoms with Gasteiger partial charge in [-0.25, -0.2) is 0 Å². The number of hydrogen-bond acceptors (Lipinski definition) is 3. The maximum atomic E-state index is 7.44. The predicted molar refractivity (Wildman–Crippen MR) is 66.8 cm³/mol. The maximum Gasteiger partial charge on any atom is 0.0937 e. The highest BCUT2D eigenvalue weighted by atomic mass is 15.2. The summed E-state index contributed by atoms with van der Waals surface area (Å²) in [5.74, 6) is 0.738. The minimum Gasteiger partial charge on any atom is -0.387 e. The van der Waals surface area contributed by atoms with Crippen LogP contribution in [0.25, 0.3) is 0 Å². The molecule has 3 N–H and O–H groups in total. The van der Waals surface area contributed by atoms with E-state index < -0.39 is 0 Å². The number of likely N-dealkylation sites (tertiary alicyclic amines) is 2. The summed E-state index contributed by atoms with van der Waals surface area (Å²) in [5, 5.41) is 7.44. The monoisotopic (exact) mass is 224 g/mol. The lowest BCUT2D eigenvalue weighted by Gasteiger charge is -2.32. The lowest BCUT2D eigenvalue weighted by molar-refractivity contribution is 0.182. The summed E-state index contributed by atoms with van der Waals surface area (Å²) in [4.78, 5) is 5.09. The zero-order valence-electron chi connectivity index (χ0n) is 10.1. The van der Waals surface area contributed by atoms with Crippen LogP contribution >= 0.6 is 0 Å². The Bertz CT molecular complexity index is 227. The van der Waals surface area contributed by atoms with Gasteiger partial charge in [0.05, 0.1) is 5.84 Å². The van der Waals surface area contributed by atoms with Crippen LogP contribution in [0.5, 0.6) is 0 Å². The second kappa shape index (κ2) is 5.64. The van der Waals surface area contributed by atoms with E-state index in [4.69, 9.17) is 11.1 Å². The summed E-state index contributed by atoms with van der Waals surface area (Å²) in [5.41, 5.74) is 5.54. The molecule has 0 aliphatic carbocycles. The van der Waals surface area contributed by atoms with E-state index in [-0.39, 0.29) is 0 Å². The first kappa shape index (κ1) is 11.9. The van der Waals surface area contributed by atoms with E-state index in [0.29, 0.717) is 11.8 Å². The number of nitrogens with one attached hydrogen (secondary N) is 1. The van der Waals surface area contributed by atoms with Crippen molar-refractivity contribution < 1.29 is 0 Å². The Balaban J connectivity index is 1.63. The molecular formula is C12H24N4. The first-order valence-corrected chi connectivity index (χ1v) is 6.54. The fraction of sp³-hybridized carbons (Fsp3) is 0.917. The zero-order valence-corrected chi connectivity index (χ0v) is 10.1. The van der Waals surface area contributed by atoms with E-state index in [1.165, 1.54) is 39.0 Å². The minimum atomic E-state index is 0.350. The van der Waals surface area contributed by atoms with Crippen LogP contribution in [-0.4, -0.2) is 54.9 Å². The van der Waals surface area contributed by atoms with Crippen molar-refractivity contribution in [3.05, 3.63) is 0 Å². The third-order valence-electron chi connectivity index (χ3n) is 3.96. The minimum absolute atomic E-state index is 0.350. The van der Waals surface area contributed by atoms with Crippen molar-refractivity contribution >= 4 is 5.84 Å². The molecule has 0 bridgehead atoms. The van der Waals surface area contributed by atoms with Crippen LogP contribution in [-0.2, 0) is 0 Å². The molecule has 2 aliphatic heterocycles. The SMILES string of the molecule is N=C(N)C1CCN(CCN2CCCC2)CC1. The molecule has 2 saturated heterocycles. The molecule has 0 atom stereocenters. The summed E-state index contributed by atoms with van der Waals surface area (Å²) >= 11 is 0. The van der Waals surface area contributed by atoms with Gasteiger partial charge in [-0.15, -0.1) is 0 Å². The van der Waals surface area contributed by atoms with Crippen molar-refractivity contribution in [2.45, 2.75) is 25.7 Å². The summed E-state index contributed by atoms with van der Waals surface area (Å²) in [6, 6.07) is 0. The Labute approximate surface area is 98.3 Å². The van der Waals surface area contributed by atoms with Crippen LogP contribution < -0.4 is 5.73 Å². The third-order valence-corrected chi connectivity index (χ3v) is 3.96. The molecule has 4 heteroatoms. The fourth-order valence-corrected chi connectivity index (χ4v) is 2.76. The highest BCUT2D eigenvalue weighted by molar-refractivity contribution is 5.79. The van der Waals surface area contributed by atoms with Crippen LogP contribution in [0, 0.1) is 11.3 Å². The Morgan fingerprint density at radius 2 is 1.50 bits per heavy atom. The number of nitrogens with zero attached hydrogens (tertiary/aromatic N) is 2. The van der Waals surface area contributed by atoms with Crippen molar-refractivity contribution in [1.82, 2.24) is 9.80 Å². The van der Waals surface area contributed by atoms with Crippen molar-refractivity contribution in [1.29, 1.82) is 5.41 Å². The maximum absolute atomic E-state index is 7.44. The second-order valence-electron chi connectivity index (χ2n) is 5.12. The lowest BCUT2D eigenvalue weighted by atomic mass is 9.96. The molecule has 2 aliphatic rings. The summed E-state index contributed by atoms with van der Waals surface area (Å²) in [7, 11) is 0. The molecule has 2 rings (SSSR count). The quantitative estimate of drug-likeness (QED) is 0.547. The Morgan fingerprint density at radius 3 is 2.00 bits per heavy atom. The number of rotatable bonds is 4. The highest BCUT2D eigenvalue weighted by Crippen LogP contribution is 2.16. The van der Waals surface area contributed by atoms with Crippen LogP contribution in [0.1, 0.15) is 25.7 Å².